The Hall–Kier alpha value is -1.11. The molecular formula is C11H16N4OS. The Morgan fingerprint density at radius 1 is 1.41 bits per heavy atom. The molecule has 2 N–H and O–H groups in total. The summed E-state index contributed by atoms with van der Waals surface area (Å²) in [5.74, 6) is 1.03. The molecule has 1 aliphatic heterocycles. The molecule has 2 aromatic rings. The number of ether oxygens (including phenoxy) is 1. The van der Waals surface area contributed by atoms with Crippen LogP contribution < -0.4 is 10.6 Å². The Balaban J connectivity index is 1.99. The highest BCUT2D eigenvalue weighted by atomic mass is 32.1. The molecule has 3 rings (SSSR count). The average Bonchev–Trinajstić information content (AvgIpc) is 2.80. The molecule has 0 atom stereocenters. The largest absolute Gasteiger partial charge is 0.380 e. The van der Waals surface area contributed by atoms with Crippen LogP contribution in [0.3, 0.4) is 0 Å². The van der Waals surface area contributed by atoms with Crippen molar-refractivity contribution in [3.63, 3.8) is 0 Å². The van der Waals surface area contributed by atoms with E-state index in [0.717, 1.165) is 49.2 Å². The zero-order chi connectivity index (χ0) is 11.7. The zero-order valence-electron chi connectivity index (χ0n) is 9.63. The highest BCUT2D eigenvalue weighted by Crippen LogP contribution is 2.24. The van der Waals surface area contributed by atoms with Crippen molar-refractivity contribution in [2.45, 2.75) is 13.0 Å². The summed E-state index contributed by atoms with van der Waals surface area (Å²) in [4.78, 5) is 7.99. The fourth-order valence-electron chi connectivity index (χ4n) is 2.22. The van der Waals surface area contributed by atoms with Crippen molar-refractivity contribution in [1.29, 1.82) is 0 Å². The summed E-state index contributed by atoms with van der Waals surface area (Å²) >= 11 is 1.65. The summed E-state index contributed by atoms with van der Waals surface area (Å²) in [7, 11) is 0. The number of anilines is 1. The lowest BCUT2D eigenvalue weighted by Gasteiger charge is -2.20. The minimum absolute atomic E-state index is 0.518. The Morgan fingerprint density at radius 2 is 2.35 bits per heavy atom. The fraction of sp³-hybridized carbons (Fsp3) is 0.545. The molecule has 0 radical (unpaired) electrons. The lowest BCUT2D eigenvalue weighted by Crippen LogP contribution is -2.27. The van der Waals surface area contributed by atoms with E-state index in [1.54, 1.807) is 11.3 Å². The molecule has 6 heteroatoms. The molecule has 5 nitrogen and oxygen atoms in total. The van der Waals surface area contributed by atoms with Gasteiger partial charge in [-0.2, -0.15) is 0 Å². The maximum absolute atomic E-state index is 5.85. The van der Waals surface area contributed by atoms with Crippen molar-refractivity contribution < 1.29 is 4.74 Å². The van der Waals surface area contributed by atoms with E-state index in [-0.39, 0.29) is 0 Å². The number of nitrogens with two attached hydrogens (primary N) is 1. The van der Waals surface area contributed by atoms with E-state index < -0.39 is 0 Å². The Bertz CT molecular complexity index is 499. The maximum atomic E-state index is 5.85. The third-order valence-corrected chi connectivity index (χ3v) is 3.81. The SMILES string of the molecule is NCc1c(N2CCCOCC2)nc2sccn12. The summed E-state index contributed by atoms with van der Waals surface area (Å²) < 4.78 is 7.56. The van der Waals surface area contributed by atoms with Crippen molar-refractivity contribution in [1.82, 2.24) is 9.38 Å². The second kappa shape index (κ2) is 4.64. The van der Waals surface area contributed by atoms with Crippen molar-refractivity contribution in [2.75, 3.05) is 31.2 Å². The van der Waals surface area contributed by atoms with Gasteiger partial charge in [0.2, 0.25) is 0 Å². The van der Waals surface area contributed by atoms with Crippen LogP contribution in [0, 0.1) is 0 Å². The van der Waals surface area contributed by atoms with Gasteiger partial charge in [-0.3, -0.25) is 4.40 Å². The van der Waals surface area contributed by atoms with Crippen LogP contribution in [-0.4, -0.2) is 35.7 Å². The molecule has 0 amide bonds. The van der Waals surface area contributed by atoms with Crippen molar-refractivity contribution >= 4 is 22.1 Å². The summed E-state index contributed by atoms with van der Waals surface area (Å²) in [6.07, 6.45) is 3.09. The van der Waals surface area contributed by atoms with E-state index in [1.807, 2.05) is 11.6 Å². The highest BCUT2D eigenvalue weighted by molar-refractivity contribution is 7.15. The summed E-state index contributed by atoms with van der Waals surface area (Å²) in [6.45, 7) is 4.03. The van der Waals surface area contributed by atoms with Gasteiger partial charge in [-0.25, -0.2) is 4.98 Å². The molecule has 1 aliphatic rings. The lowest BCUT2D eigenvalue weighted by atomic mass is 10.3. The van der Waals surface area contributed by atoms with Crippen molar-refractivity contribution in [3.8, 4) is 0 Å². The molecule has 1 saturated heterocycles. The van der Waals surface area contributed by atoms with Gasteiger partial charge in [0.15, 0.2) is 10.8 Å². The number of fused-ring (bicyclic) bond motifs is 1. The summed E-state index contributed by atoms with van der Waals surface area (Å²) in [6, 6.07) is 0. The third-order valence-electron chi connectivity index (χ3n) is 3.06. The molecule has 2 aromatic heterocycles. The molecule has 0 aromatic carbocycles. The lowest BCUT2D eigenvalue weighted by molar-refractivity contribution is 0.152. The van der Waals surface area contributed by atoms with Crippen LogP contribution in [-0.2, 0) is 11.3 Å². The van der Waals surface area contributed by atoms with Gasteiger partial charge in [-0.15, -0.1) is 11.3 Å². The molecule has 0 aliphatic carbocycles. The first kappa shape index (κ1) is 11.0. The highest BCUT2D eigenvalue weighted by Gasteiger charge is 2.19. The van der Waals surface area contributed by atoms with E-state index in [4.69, 9.17) is 10.5 Å². The Labute approximate surface area is 104 Å². The van der Waals surface area contributed by atoms with Crippen molar-refractivity contribution in [2.24, 2.45) is 5.73 Å². The van der Waals surface area contributed by atoms with Gasteiger partial charge in [0, 0.05) is 37.8 Å². The van der Waals surface area contributed by atoms with E-state index in [2.05, 4.69) is 14.3 Å². The molecular weight excluding hydrogens is 236 g/mol. The van der Waals surface area contributed by atoms with Gasteiger partial charge in [0.25, 0.3) is 0 Å². The minimum Gasteiger partial charge on any atom is -0.380 e. The molecule has 0 spiro atoms. The number of nitrogens with zero attached hydrogens (tertiary/aromatic N) is 3. The molecule has 0 bridgehead atoms. The molecule has 0 unspecified atom stereocenters. The number of imidazole rings is 1. The first-order valence-electron chi connectivity index (χ1n) is 5.87. The van der Waals surface area contributed by atoms with Crippen LogP contribution in [0.4, 0.5) is 5.82 Å². The Kier molecular flexibility index (Phi) is 3.00. The van der Waals surface area contributed by atoms with E-state index in [1.165, 1.54) is 0 Å². The normalized spacial score (nSPS) is 17.6. The molecule has 0 saturated carbocycles. The first-order valence-corrected chi connectivity index (χ1v) is 6.75. The van der Waals surface area contributed by atoms with Gasteiger partial charge in [0.1, 0.15) is 0 Å². The van der Waals surface area contributed by atoms with Crippen LogP contribution in [0.25, 0.3) is 4.96 Å². The number of hydrogen-bond acceptors (Lipinski definition) is 5. The zero-order valence-corrected chi connectivity index (χ0v) is 10.4. The van der Waals surface area contributed by atoms with Crippen LogP contribution >= 0.6 is 11.3 Å². The molecule has 17 heavy (non-hydrogen) atoms. The van der Waals surface area contributed by atoms with Gasteiger partial charge in [0.05, 0.1) is 12.3 Å². The van der Waals surface area contributed by atoms with E-state index in [9.17, 15) is 0 Å². The fourth-order valence-corrected chi connectivity index (χ4v) is 2.95. The third kappa shape index (κ3) is 1.92. The second-order valence-electron chi connectivity index (χ2n) is 4.09. The monoisotopic (exact) mass is 252 g/mol. The van der Waals surface area contributed by atoms with Crippen LogP contribution in [0.1, 0.15) is 12.1 Å². The topological polar surface area (TPSA) is 55.8 Å². The van der Waals surface area contributed by atoms with Gasteiger partial charge >= 0.3 is 0 Å². The van der Waals surface area contributed by atoms with Crippen LogP contribution in [0.2, 0.25) is 0 Å². The maximum Gasteiger partial charge on any atom is 0.195 e. The number of aromatic nitrogens is 2. The smallest absolute Gasteiger partial charge is 0.195 e. The predicted molar refractivity (Wildman–Crippen MR) is 68.6 cm³/mol. The molecule has 92 valence electrons. The van der Waals surface area contributed by atoms with Gasteiger partial charge in [-0.1, -0.05) is 0 Å². The number of thiazole rings is 1. The quantitative estimate of drug-likeness (QED) is 0.869. The van der Waals surface area contributed by atoms with Crippen LogP contribution in [0.5, 0.6) is 0 Å². The standard InChI is InChI=1S/C11H16N4OS/c12-8-9-10(13-11-15(9)4-7-17-11)14-2-1-5-16-6-3-14/h4,7H,1-3,5-6,8,12H2. The summed E-state index contributed by atoms with van der Waals surface area (Å²) in [5.41, 5.74) is 6.95. The van der Waals surface area contributed by atoms with Crippen LogP contribution in [0.15, 0.2) is 11.6 Å². The second-order valence-corrected chi connectivity index (χ2v) is 4.97. The Morgan fingerprint density at radius 3 is 3.24 bits per heavy atom. The summed E-state index contributed by atoms with van der Waals surface area (Å²) in [5, 5.41) is 2.04. The van der Waals surface area contributed by atoms with Crippen molar-refractivity contribution in [3.05, 3.63) is 17.3 Å². The number of rotatable bonds is 2. The number of hydrogen-bond donors (Lipinski definition) is 1. The van der Waals surface area contributed by atoms with E-state index in [0.29, 0.717) is 6.54 Å². The van der Waals surface area contributed by atoms with Gasteiger partial charge in [-0.05, 0) is 6.42 Å². The predicted octanol–water partition coefficient (Wildman–Crippen LogP) is 1.08. The van der Waals surface area contributed by atoms with Gasteiger partial charge < -0.3 is 15.4 Å². The minimum atomic E-state index is 0.518. The van der Waals surface area contributed by atoms with E-state index >= 15 is 0 Å². The molecule has 3 heterocycles. The average molecular weight is 252 g/mol. The molecule has 1 fully saturated rings. The first-order chi connectivity index (χ1) is 8.40.